The summed E-state index contributed by atoms with van der Waals surface area (Å²) in [6.45, 7) is 0. The van der Waals surface area contributed by atoms with Gasteiger partial charge in [0.2, 0.25) is 0 Å². The van der Waals surface area contributed by atoms with Crippen LogP contribution in [0.3, 0.4) is 0 Å². The molecule has 0 aromatic heterocycles. The zero-order chi connectivity index (χ0) is 12.8. The normalized spacial score (nSPS) is 10.6. The minimum Gasteiger partial charge on any atom is -0.207 e. The maximum absolute atomic E-state index is 12.9. The zero-order valence-electron chi connectivity index (χ0n) is 9.61. The number of hydrogen-bond donors (Lipinski definition) is 0. The van der Waals surface area contributed by atoms with Gasteiger partial charge in [0.15, 0.2) is 0 Å². The summed E-state index contributed by atoms with van der Waals surface area (Å²) in [7, 11) is 3.29. The molecule has 2 rings (SSSR count). The summed E-state index contributed by atoms with van der Waals surface area (Å²) >= 11 is 0. The van der Waals surface area contributed by atoms with Crippen molar-refractivity contribution in [1.82, 2.24) is 0 Å². The van der Waals surface area contributed by atoms with E-state index in [1.165, 1.54) is 24.3 Å². The van der Waals surface area contributed by atoms with Crippen LogP contribution in [-0.2, 0) is 11.5 Å². The van der Waals surface area contributed by atoms with E-state index in [2.05, 4.69) is 0 Å². The van der Waals surface area contributed by atoms with E-state index >= 15 is 0 Å². The summed E-state index contributed by atoms with van der Waals surface area (Å²) in [5, 5.41) is 0. The summed E-state index contributed by atoms with van der Waals surface area (Å²) < 4.78 is 25.9. The van der Waals surface area contributed by atoms with Crippen LogP contribution in [0, 0.1) is 11.6 Å². The number of rotatable bonds is 5. The average molecular weight is 282 g/mol. The second kappa shape index (κ2) is 6.81. The molecule has 0 atom stereocenters. The molecule has 0 saturated carbocycles. The van der Waals surface area contributed by atoms with Crippen molar-refractivity contribution in [3.05, 3.63) is 71.3 Å². The first-order chi connectivity index (χ1) is 8.74. The Balaban J connectivity index is 1.76. The average Bonchev–Trinajstić information content (AvgIpc) is 2.35. The minimum absolute atomic E-state index is 0.205. The molecule has 0 N–H and O–H groups in total. The molecule has 0 spiro atoms. The van der Waals surface area contributed by atoms with E-state index in [1.54, 1.807) is 33.7 Å². The summed E-state index contributed by atoms with van der Waals surface area (Å²) in [6, 6.07) is 13.2. The lowest BCUT2D eigenvalue weighted by Gasteiger charge is -2.02. The molecule has 18 heavy (non-hydrogen) atoms. The number of halogens is 2. The van der Waals surface area contributed by atoms with E-state index in [0.29, 0.717) is 0 Å². The van der Waals surface area contributed by atoms with Gasteiger partial charge in [0.1, 0.15) is 11.6 Å². The lowest BCUT2D eigenvalue weighted by Crippen LogP contribution is -1.82. The van der Waals surface area contributed by atoms with Crippen LogP contribution in [0.4, 0.5) is 8.78 Å². The monoisotopic (exact) mass is 282 g/mol. The second-order valence-corrected chi connectivity index (χ2v) is 6.25. The van der Waals surface area contributed by atoms with Crippen LogP contribution in [-0.4, -0.2) is 0 Å². The number of hydrogen-bond acceptors (Lipinski definition) is 2. The van der Waals surface area contributed by atoms with E-state index in [0.717, 1.165) is 22.6 Å². The van der Waals surface area contributed by atoms with Crippen LogP contribution >= 0.6 is 21.6 Å². The first kappa shape index (κ1) is 13.4. The highest BCUT2D eigenvalue weighted by Gasteiger charge is 1.99. The standard InChI is InChI=1S/C14H12F2S2/c15-13-5-1-3-11(7-13)9-17-18-10-12-4-2-6-14(16)8-12/h1-8H,9-10H2. The highest BCUT2D eigenvalue weighted by molar-refractivity contribution is 8.76. The Bertz CT molecular complexity index is 467. The van der Waals surface area contributed by atoms with Crippen molar-refractivity contribution < 1.29 is 8.78 Å². The van der Waals surface area contributed by atoms with Crippen LogP contribution in [0.15, 0.2) is 48.5 Å². The van der Waals surface area contributed by atoms with E-state index in [9.17, 15) is 8.78 Å². The fourth-order valence-electron chi connectivity index (χ4n) is 1.47. The maximum Gasteiger partial charge on any atom is 0.123 e. The van der Waals surface area contributed by atoms with Gasteiger partial charge < -0.3 is 0 Å². The predicted molar refractivity (Wildman–Crippen MR) is 75.4 cm³/mol. The Labute approximate surface area is 113 Å². The molecule has 94 valence electrons. The van der Waals surface area contributed by atoms with Crippen molar-refractivity contribution >= 4 is 21.6 Å². The molecule has 4 heteroatoms. The molecule has 0 nitrogen and oxygen atoms in total. The lowest BCUT2D eigenvalue weighted by atomic mass is 10.2. The van der Waals surface area contributed by atoms with Crippen LogP contribution in [0.25, 0.3) is 0 Å². The topological polar surface area (TPSA) is 0 Å². The van der Waals surface area contributed by atoms with Gasteiger partial charge in [-0.15, -0.1) is 0 Å². The third kappa shape index (κ3) is 4.35. The Hall–Kier alpha value is -1.00. The molecular formula is C14H12F2S2. The molecule has 0 aliphatic rings. The van der Waals surface area contributed by atoms with Crippen LogP contribution < -0.4 is 0 Å². The Morgan fingerprint density at radius 3 is 1.56 bits per heavy atom. The van der Waals surface area contributed by atoms with Gasteiger partial charge in [0.25, 0.3) is 0 Å². The molecule has 0 heterocycles. The first-order valence-electron chi connectivity index (χ1n) is 5.47. The van der Waals surface area contributed by atoms with Gasteiger partial charge in [-0.2, -0.15) is 0 Å². The fourth-order valence-corrected chi connectivity index (χ4v) is 3.59. The molecular weight excluding hydrogens is 270 g/mol. The summed E-state index contributed by atoms with van der Waals surface area (Å²) in [6.07, 6.45) is 0. The van der Waals surface area contributed by atoms with E-state index in [4.69, 9.17) is 0 Å². The van der Waals surface area contributed by atoms with Gasteiger partial charge in [-0.05, 0) is 35.4 Å². The van der Waals surface area contributed by atoms with Gasteiger partial charge in [-0.25, -0.2) is 8.78 Å². The molecule has 0 bridgehead atoms. The van der Waals surface area contributed by atoms with Crippen molar-refractivity contribution in [2.75, 3.05) is 0 Å². The quantitative estimate of drug-likeness (QED) is 0.556. The third-order valence-electron chi connectivity index (χ3n) is 2.31. The summed E-state index contributed by atoms with van der Waals surface area (Å²) in [4.78, 5) is 0. The van der Waals surface area contributed by atoms with E-state index in [1.807, 2.05) is 12.1 Å². The van der Waals surface area contributed by atoms with Crippen molar-refractivity contribution in [2.24, 2.45) is 0 Å². The predicted octanol–water partition coefficient (Wildman–Crippen LogP) is 5.05. The summed E-state index contributed by atoms with van der Waals surface area (Å²) in [5.74, 6) is 1.08. The SMILES string of the molecule is Fc1cccc(CSSCc2cccc(F)c2)c1. The van der Waals surface area contributed by atoms with Crippen LogP contribution in [0.2, 0.25) is 0 Å². The Morgan fingerprint density at radius 2 is 1.17 bits per heavy atom. The smallest absolute Gasteiger partial charge is 0.123 e. The largest absolute Gasteiger partial charge is 0.207 e. The van der Waals surface area contributed by atoms with Crippen molar-refractivity contribution in [3.8, 4) is 0 Å². The molecule has 0 saturated heterocycles. The van der Waals surface area contributed by atoms with Gasteiger partial charge in [0.05, 0.1) is 0 Å². The minimum atomic E-state index is -0.205. The van der Waals surface area contributed by atoms with Gasteiger partial charge >= 0.3 is 0 Å². The van der Waals surface area contributed by atoms with Gasteiger partial charge in [0, 0.05) is 11.5 Å². The van der Waals surface area contributed by atoms with Crippen LogP contribution in [0.5, 0.6) is 0 Å². The second-order valence-electron chi connectivity index (χ2n) is 3.78. The molecule has 0 aliphatic heterocycles. The van der Waals surface area contributed by atoms with Crippen molar-refractivity contribution in [3.63, 3.8) is 0 Å². The molecule has 0 fully saturated rings. The molecule has 0 radical (unpaired) electrons. The Kier molecular flexibility index (Phi) is 5.08. The first-order valence-corrected chi connectivity index (χ1v) is 7.96. The van der Waals surface area contributed by atoms with Crippen molar-refractivity contribution in [2.45, 2.75) is 11.5 Å². The van der Waals surface area contributed by atoms with E-state index < -0.39 is 0 Å². The van der Waals surface area contributed by atoms with Crippen LogP contribution in [0.1, 0.15) is 11.1 Å². The highest BCUT2D eigenvalue weighted by Crippen LogP contribution is 2.29. The molecule has 0 amide bonds. The molecule has 0 aliphatic carbocycles. The highest BCUT2D eigenvalue weighted by atomic mass is 33.1. The maximum atomic E-state index is 12.9. The molecule has 2 aromatic rings. The Morgan fingerprint density at radius 1 is 0.722 bits per heavy atom. The van der Waals surface area contributed by atoms with Crippen molar-refractivity contribution in [1.29, 1.82) is 0 Å². The summed E-state index contributed by atoms with van der Waals surface area (Å²) in [5.41, 5.74) is 1.93. The molecule has 2 aromatic carbocycles. The number of benzene rings is 2. The zero-order valence-corrected chi connectivity index (χ0v) is 11.2. The fraction of sp³-hybridized carbons (Fsp3) is 0.143. The van der Waals surface area contributed by atoms with Gasteiger partial charge in [-0.3, -0.25) is 0 Å². The van der Waals surface area contributed by atoms with E-state index in [-0.39, 0.29) is 11.6 Å². The third-order valence-corrected chi connectivity index (χ3v) is 4.59. The molecule has 0 unspecified atom stereocenters. The van der Waals surface area contributed by atoms with Gasteiger partial charge in [-0.1, -0.05) is 45.9 Å². The lowest BCUT2D eigenvalue weighted by molar-refractivity contribution is 0.626.